The monoisotopic (exact) mass is 394 g/mol. The van der Waals surface area contributed by atoms with Crippen LogP contribution in [0.25, 0.3) is 0 Å². The summed E-state index contributed by atoms with van der Waals surface area (Å²) in [7, 11) is -2.25. The van der Waals surface area contributed by atoms with Gasteiger partial charge in [-0.1, -0.05) is 18.2 Å². The number of halogens is 1. The molecular formula is C19H23FN2O4S. The van der Waals surface area contributed by atoms with Crippen molar-refractivity contribution in [2.75, 3.05) is 17.7 Å². The number of nitrogens with one attached hydrogen (secondary N) is 1. The van der Waals surface area contributed by atoms with Crippen LogP contribution in [0.5, 0.6) is 5.75 Å². The molecule has 1 amide bonds. The maximum Gasteiger partial charge on any atom is 0.244 e. The Morgan fingerprint density at radius 3 is 2.33 bits per heavy atom. The summed E-state index contributed by atoms with van der Waals surface area (Å²) >= 11 is 0. The van der Waals surface area contributed by atoms with Crippen molar-refractivity contribution in [3.05, 3.63) is 59.9 Å². The minimum Gasteiger partial charge on any atom is -0.497 e. The molecule has 2 aromatic rings. The highest BCUT2D eigenvalue weighted by molar-refractivity contribution is 7.92. The molecule has 0 aliphatic heterocycles. The van der Waals surface area contributed by atoms with E-state index in [4.69, 9.17) is 4.74 Å². The van der Waals surface area contributed by atoms with Gasteiger partial charge >= 0.3 is 0 Å². The number of benzene rings is 2. The average Bonchev–Trinajstić information content (AvgIpc) is 2.61. The molecule has 0 fully saturated rings. The van der Waals surface area contributed by atoms with Gasteiger partial charge in [-0.15, -0.1) is 0 Å². The van der Waals surface area contributed by atoms with Gasteiger partial charge < -0.3 is 10.1 Å². The molecule has 6 nitrogen and oxygen atoms in total. The number of hydrogen-bond acceptors (Lipinski definition) is 4. The molecule has 0 saturated carbocycles. The molecule has 2 aromatic carbocycles. The lowest BCUT2D eigenvalue weighted by molar-refractivity contribution is -0.122. The van der Waals surface area contributed by atoms with Crippen molar-refractivity contribution in [2.24, 2.45) is 0 Å². The van der Waals surface area contributed by atoms with Crippen LogP contribution >= 0.6 is 0 Å². The van der Waals surface area contributed by atoms with E-state index in [2.05, 4.69) is 5.32 Å². The smallest absolute Gasteiger partial charge is 0.244 e. The zero-order valence-electron chi connectivity index (χ0n) is 15.6. The van der Waals surface area contributed by atoms with E-state index in [1.807, 2.05) is 0 Å². The zero-order valence-corrected chi connectivity index (χ0v) is 16.5. The number of hydrogen-bond donors (Lipinski definition) is 1. The normalized spacial score (nSPS) is 13.5. The lowest BCUT2D eigenvalue weighted by Crippen LogP contribution is -2.48. The summed E-state index contributed by atoms with van der Waals surface area (Å²) < 4.78 is 43.9. The largest absolute Gasteiger partial charge is 0.497 e. The van der Waals surface area contributed by atoms with E-state index < -0.39 is 28.0 Å². The van der Waals surface area contributed by atoms with Gasteiger partial charge in [-0.05, 0) is 43.7 Å². The molecule has 0 unspecified atom stereocenters. The van der Waals surface area contributed by atoms with Crippen LogP contribution in [0.2, 0.25) is 0 Å². The van der Waals surface area contributed by atoms with Crippen LogP contribution in [0.4, 0.5) is 10.1 Å². The number of anilines is 1. The van der Waals surface area contributed by atoms with Gasteiger partial charge in [0, 0.05) is 6.07 Å². The molecule has 0 aliphatic rings. The Bertz CT molecular complexity index is 900. The van der Waals surface area contributed by atoms with Gasteiger partial charge in [0.1, 0.15) is 17.6 Å². The first kappa shape index (κ1) is 20.7. The first-order valence-corrected chi connectivity index (χ1v) is 10.2. The third-order valence-electron chi connectivity index (χ3n) is 4.13. The van der Waals surface area contributed by atoms with Crippen LogP contribution in [0, 0.1) is 5.82 Å². The van der Waals surface area contributed by atoms with Gasteiger partial charge in [0.25, 0.3) is 0 Å². The van der Waals surface area contributed by atoms with E-state index >= 15 is 0 Å². The first-order chi connectivity index (χ1) is 12.6. The van der Waals surface area contributed by atoms with Gasteiger partial charge in [0.05, 0.1) is 25.1 Å². The topological polar surface area (TPSA) is 75.7 Å². The summed E-state index contributed by atoms with van der Waals surface area (Å²) in [6.45, 7) is 3.25. The summed E-state index contributed by atoms with van der Waals surface area (Å²) in [4.78, 5) is 12.7. The minimum atomic E-state index is -3.73. The second kappa shape index (κ2) is 8.39. The molecule has 1 N–H and O–H groups in total. The maximum absolute atomic E-state index is 13.1. The number of carbonyl (C=O) groups is 1. The molecule has 8 heteroatoms. The van der Waals surface area contributed by atoms with Crippen molar-refractivity contribution in [3.8, 4) is 5.75 Å². The fraction of sp³-hybridized carbons (Fsp3) is 0.316. The Hall–Kier alpha value is -2.61. The molecule has 0 aliphatic carbocycles. The van der Waals surface area contributed by atoms with E-state index in [-0.39, 0.29) is 5.82 Å². The molecule has 0 saturated heterocycles. The Morgan fingerprint density at radius 1 is 1.15 bits per heavy atom. The summed E-state index contributed by atoms with van der Waals surface area (Å²) in [5.74, 6) is -0.361. The summed E-state index contributed by atoms with van der Waals surface area (Å²) in [5, 5.41) is 2.77. The number of nitrogens with zero attached hydrogens (tertiary/aromatic N) is 1. The SMILES string of the molecule is COc1cccc(N([C@@H](C)C(=O)N[C@H](C)c2ccc(F)cc2)S(C)(=O)=O)c1. The minimum absolute atomic E-state index is 0.328. The predicted octanol–water partition coefficient (Wildman–Crippen LogP) is 2.87. The summed E-state index contributed by atoms with van der Waals surface area (Å²) in [5.41, 5.74) is 1.04. The maximum atomic E-state index is 13.1. The standard InChI is InChI=1S/C19H23FN2O4S/c1-13(15-8-10-16(20)11-9-15)21-19(23)14(2)22(27(4,24)25)17-6-5-7-18(12-17)26-3/h5-14H,1-4H3,(H,21,23)/t13-,14+/m1/s1. The highest BCUT2D eigenvalue weighted by atomic mass is 32.2. The number of sulfonamides is 1. The number of methoxy groups -OCH3 is 1. The molecule has 27 heavy (non-hydrogen) atoms. The molecule has 2 rings (SSSR count). The third kappa shape index (κ3) is 5.19. The summed E-state index contributed by atoms with van der Waals surface area (Å²) in [6, 6.07) is 10.8. The van der Waals surface area contributed by atoms with E-state index in [0.29, 0.717) is 17.0 Å². The van der Waals surface area contributed by atoms with E-state index in [1.54, 1.807) is 43.3 Å². The molecule has 0 bridgehead atoms. The van der Waals surface area contributed by atoms with Crippen LogP contribution in [-0.2, 0) is 14.8 Å². The zero-order chi connectivity index (χ0) is 20.2. The second-order valence-electron chi connectivity index (χ2n) is 6.22. The van der Waals surface area contributed by atoms with Crippen molar-refractivity contribution in [2.45, 2.75) is 25.9 Å². The van der Waals surface area contributed by atoms with Crippen molar-refractivity contribution >= 4 is 21.6 Å². The van der Waals surface area contributed by atoms with Crippen LogP contribution in [0.1, 0.15) is 25.5 Å². The summed E-state index contributed by atoms with van der Waals surface area (Å²) in [6.07, 6.45) is 1.04. The first-order valence-electron chi connectivity index (χ1n) is 8.32. The fourth-order valence-corrected chi connectivity index (χ4v) is 3.89. The molecule has 0 aromatic heterocycles. The quantitative estimate of drug-likeness (QED) is 0.784. The Morgan fingerprint density at radius 2 is 1.78 bits per heavy atom. The van der Waals surface area contributed by atoms with Gasteiger partial charge in [0.2, 0.25) is 15.9 Å². The van der Waals surface area contributed by atoms with Gasteiger partial charge in [-0.2, -0.15) is 0 Å². The number of carbonyl (C=O) groups excluding carboxylic acids is 1. The van der Waals surface area contributed by atoms with E-state index in [0.717, 1.165) is 10.6 Å². The number of amides is 1. The van der Waals surface area contributed by atoms with Crippen molar-refractivity contribution < 1.29 is 22.3 Å². The number of rotatable bonds is 7. The van der Waals surface area contributed by atoms with E-state index in [1.165, 1.54) is 26.2 Å². The molecule has 0 heterocycles. The van der Waals surface area contributed by atoms with Crippen LogP contribution in [0.3, 0.4) is 0 Å². The van der Waals surface area contributed by atoms with Crippen LogP contribution < -0.4 is 14.4 Å². The second-order valence-corrected chi connectivity index (χ2v) is 8.08. The average molecular weight is 394 g/mol. The van der Waals surface area contributed by atoms with Crippen molar-refractivity contribution in [1.82, 2.24) is 5.32 Å². The van der Waals surface area contributed by atoms with Gasteiger partial charge in [0.15, 0.2) is 0 Å². The Balaban J connectivity index is 2.25. The highest BCUT2D eigenvalue weighted by Gasteiger charge is 2.30. The Kier molecular flexibility index (Phi) is 6.43. The van der Waals surface area contributed by atoms with Gasteiger partial charge in [-0.25, -0.2) is 12.8 Å². The van der Waals surface area contributed by atoms with E-state index in [9.17, 15) is 17.6 Å². The molecule has 2 atom stereocenters. The highest BCUT2D eigenvalue weighted by Crippen LogP contribution is 2.25. The van der Waals surface area contributed by atoms with Crippen molar-refractivity contribution in [1.29, 1.82) is 0 Å². The molecule has 0 radical (unpaired) electrons. The molecule has 0 spiro atoms. The van der Waals surface area contributed by atoms with Crippen LogP contribution in [-0.4, -0.2) is 33.7 Å². The lowest BCUT2D eigenvalue weighted by atomic mass is 10.1. The molecular weight excluding hydrogens is 371 g/mol. The van der Waals surface area contributed by atoms with Crippen molar-refractivity contribution in [3.63, 3.8) is 0 Å². The number of ether oxygens (including phenoxy) is 1. The molecule has 146 valence electrons. The fourth-order valence-electron chi connectivity index (χ4n) is 2.73. The van der Waals surface area contributed by atoms with Crippen LogP contribution in [0.15, 0.2) is 48.5 Å². The third-order valence-corrected chi connectivity index (χ3v) is 5.37. The predicted molar refractivity (Wildman–Crippen MR) is 103 cm³/mol. The Labute approximate surface area is 159 Å². The van der Waals surface area contributed by atoms with Gasteiger partial charge in [-0.3, -0.25) is 9.10 Å². The lowest BCUT2D eigenvalue weighted by Gasteiger charge is -2.29.